The van der Waals surface area contributed by atoms with Gasteiger partial charge in [0.05, 0.1) is 12.2 Å². The topological polar surface area (TPSA) is 88.3 Å². The number of hydrogen-bond donors (Lipinski definition) is 2. The van der Waals surface area contributed by atoms with Gasteiger partial charge in [0, 0.05) is 19.3 Å². The minimum absolute atomic E-state index is 0.0208. The fourth-order valence-corrected chi connectivity index (χ4v) is 1.43. The molecule has 0 unspecified atom stereocenters. The predicted octanol–water partition coefficient (Wildman–Crippen LogP) is 0.260. The highest BCUT2D eigenvalue weighted by atomic mass is 16.2. The summed E-state index contributed by atoms with van der Waals surface area (Å²) >= 11 is 0. The smallest absolute Gasteiger partial charge is 0.274 e. The zero-order valence-corrected chi connectivity index (χ0v) is 10.8. The monoisotopic (exact) mass is 250 g/mol. The molecule has 0 spiro atoms. The van der Waals surface area contributed by atoms with Crippen LogP contribution in [0.4, 0.5) is 5.69 Å². The molecule has 1 heterocycles. The summed E-state index contributed by atoms with van der Waals surface area (Å²) in [5.74, 6) is -0.581. The number of anilines is 1. The zero-order valence-electron chi connectivity index (χ0n) is 10.8. The van der Waals surface area contributed by atoms with E-state index in [-0.39, 0.29) is 30.1 Å². The minimum atomic E-state index is -0.369. The second kappa shape index (κ2) is 6.00. The molecule has 18 heavy (non-hydrogen) atoms. The second-order valence-corrected chi connectivity index (χ2v) is 4.32. The predicted molar refractivity (Wildman–Crippen MR) is 68.9 cm³/mol. The van der Waals surface area contributed by atoms with Gasteiger partial charge >= 0.3 is 0 Å². The van der Waals surface area contributed by atoms with Gasteiger partial charge in [0.2, 0.25) is 5.91 Å². The normalized spacial score (nSPS) is 10.2. The van der Waals surface area contributed by atoms with Crippen LogP contribution >= 0.6 is 0 Å². The van der Waals surface area contributed by atoms with Gasteiger partial charge in [-0.3, -0.25) is 9.59 Å². The molecule has 1 rings (SSSR count). The van der Waals surface area contributed by atoms with E-state index < -0.39 is 0 Å². The van der Waals surface area contributed by atoms with Gasteiger partial charge in [0.25, 0.3) is 5.91 Å². The van der Waals surface area contributed by atoms with Crippen molar-refractivity contribution in [3.63, 3.8) is 0 Å². The molecule has 2 amide bonds. The number of nitrogens with zero attached hydrogens (tertiary/aromatic N) is 2. The number of nitrogen functional groups attached to an aromatic ring is 1. The maximum absolute atomic E-state index is 12.0. The Kier molecular flexibility index (Phi) is 4.65. The summed E-state index contributed by atoms with van der Waals surface area (Å²) in [5.41, 5.74) is 6.13. The summed E-state index contributed by atoms with van der Waals surface area (Å²) in [6.07, 6.45) is 1.49. The quantitative estimate of drug-likeness (QED) is 0.802. The Morgan fingerprint density at radius 3 is 2.72 bits per heavy atom. The summed E-state index contributed by atoms with van der Waals surface area (Å²) in [5, 5.41) is 2.71. The number of nitrogens with two attached hydrogens (primary N) is 1. The molecule has 0 aliphatic carbocycles. The molecule has 0 aliphatic rings. The third kappa shape index (κ3) is 3.73. The minimum Gasteiger partial charge on any atom is -0.397 e. The summed E-state index contributed by atoms with van der Waals surface area (Å²) < 4.78 is 0. The van der Waals surface area contributed by atoms with E-state index in [2.05, 4.69) is 10.3 Å². The molecule has 0 aliphatic heterocycles. The van der Waals surface area contributed by atoms with Crippen molar-refractivity contribution in [1.29, 1.82) is 0 Å². The first-order valence-electron chi connectivity index (χ1n) is 5.67. The number of aromatic nitrogens is 1. The van der Waals surface area contributed by atoms with Crippen molar-refractivity contribution >= 4 is 17.5 Å². The van der Waals surface area contributed by atoms with Crippen molar-refractivity contribution in [2.24, 2.45) is 0 Å². The molecule has 0 bridgehead atoms. The van der Waals surface area contributed by atoms with Crippen LogP contribution in [0.5, 0.6) is 0 Å². The van der Waals surface area contributed by atoms with Crippen LogP contribution in [0.25, 0.3) is 0 Å². The number of rotatable bonds is 4. The highest BCUT2D eigenvalue weighted by Gasteiger charge is 2.18. The van der Waals surface area contributed by atoms with Gasteiger partial charge in [-0.2, -0.15) is 0 Å². The first-order valence-corrected chi connectivity index (χ1v) is 5.67. The van der Waals surface area contributed by atoms with E-state index in [1.807, 2.05) is 13.8 Å². The van der Waals surface area contributed by atoms with Crippen LogP contribution in [0.3, 0.4) is 0 Å². The Hall–Kier alpha value is -2.11. The van der Waals surface area contributed by atoms with Crippen LogP contribution in [0.1, 0.15) is 24.3 Å². The first-order chi connectivity index (χ1) is 8.41. The number of hydrogen-bond acceptors (Lipinski definition) is 4. The largest absolute Gasteiger partial charge is 0.397 e. The number of amides is 2. The fraction of sp³-hybridized carbons (Fsp3) is 0.417. The maximum atomic E-state index is 12.0. The maximum Gasteiger partial charge on any atom is 0.274 e. The molecular formula is C12H18N4O2. The number of nitrogens with one attached hydrogen (secondary N) is 1. The Labute approximate surface area is 106 Å². The molecule has 1 aromatic rings. The molecule has 1 aromatic heterocycles. The Bertz CT molecular complexity index is 445. The fourth-order valence-electron chi connectivity index (χ4n) is 1.43. The lowest BCUT2D eigenvalue weighted by Gasteiger charge is -2.18. The lowest BCUT2D eigenvalue weighted by atomic mass is 10.2. The molecule has 0 fully saturated rings. The third-order valence-electron chi connectivity index (χ3n) is 2.22. The van der Waals surface area contributed by atoms with Crippen molar-refractivity contribution in [3.05, 3.63) is 24.0 Å². The standard InChI is InChI=1S/C12H18N4O2/c1-8(2)15-10(17)7-16(3)12(18)11-9(13)5-4-6-14-11/h4-6,8H,7,13H2,1-3H3,(H,15,17). The van der Waals surface area contributed by atoms with Gasteiger partial charge < -0.3 is 16.0 Å². The van der Waals surface area contributed by atoms with Crippen molar-refractivity contribution in [3.8, 4) is 0 Å². The summed E-state index contributed by atoms with van der Waals surface area (Å²) in [6, 6.07) is 3.29. The molecule has 3 N–H and O–H groups in total. The summed E-state index contributed by atoms with van der Waals surface area (Å²) in [6.45, 7) is 3.69. The Morgan fingerprint density at radius 2 is 2.17 bits per heavy atom. The first kappa shape index (κ1) is 14.0. The van der Waals surface area contributed by atoms with E-state index >= 15 is 0 Å². The molecule has 0 atom stereocenters. The lowest BCUT2D eigenvalue weighted by molar-refractivity contribution is -0.122. The van der Waals surface area contributed by atoms with Crippen molar-refractivity contribution in [2.45, 2.75) is 19.9 Å². The molecule has 0 saturated carbocycles. The van der Waals surface area contributed by atoms with Gasteiger partial charge in [0.15, 0.2) is 5.69 Å². The van der Waals surface area contributed by atoms with Gasteiger partial charge in [-0.1, -0.05) is 0 Å². The van der Waals surface area contributed by atoms with Gasteiger partial charge in [-0.25, -0.2) is 4.98 Å². The average molecular weight is 250 g/mol. The van der Waals surface area contributed by atoms with E-state index in [0.717, 1.165) is 0 Å². The average Bonchev–Trinajstić information content (AvgIpc) is 2.27. The lowest BCUT2D eigenvalue weighted by Crippen LogP contribution is -2.41. The van der Waals surface area contributed by atoms with E-state index in [4.69, 9.17) is 5.73 Å². The number of pyridine rings is 1. The van der Waals surface area contributed by atoms with Crippen LogP contribution in [0.15, 0.2) is 18.3 Å². The van der Waals surface area contributed by atoms with Crippen molar-refractivity contribution < 1.29 is 9.59 Å². The molecule has 6 nitrogen and oxygen atoms in total. The van der Waals surface area contributed by atoms with E-state index in [9.17, 15) is 9.59 Å². The molecule has 98 valence electrons. The van der Waals surface area contributed by atoms with Crippen LogP contribution in [0, 0.1) is 0 Å². The van der Waals surface area contributed by atoms with Gasteiger partial charge in [-0.05, 0) is 26.0 Å². The highest BCUT2D eigenvalue weighted by molar-refractivity contribution is 5.98. The van der Waals surface area contributed by atoms with Crippen LogP contribution in [0.2, 0.25) is 0 Å². The Morgan fingerprint density at radius 1 is 1.50 bits per heavy atom. The van der Waals surface area contributed by atoms with E-state index in [1.54, 1.807) is 12.1 Å². The molecule has 0 radical (unpaired) electrons. The number of carbonyl (C=O) groups is 2. The van der Waals surface area contributed by atoms with Crippen molar-refractivity contribution in [1.82, 2.24) is 15.2 Å². The van der Waals surface area contributed by atoms with Gasteiger partial charge in [0.1, 0.15) is 0 Å². The summed E-state index contributed by atoms with van der Waals surface area (Å²) in [7, 11) is 1.54. The second-order valence-electron chi connectivity index (χ2n) is 4.32. The number of likely N-dealkylation sites (N-methyl/N-ethyl adjacent to an activating group) is 1. The third-order valence-corrected chi connectivity index (χ3v) is 2.22. The van der Waals surface area contributed by atoms with Gasteiger partial charge in [-0.15, -0.1) is 0 Å². The highest BCUT2D eigenvalue weighted by Crippen LogP contribution is 2.09. The summed E-state index contributed by atoms with van der Waals surface area (Å²) in [4.78, 5) is 28.7. The van der Waals surface area contributed by atoms with Crippen LogP contribution < -0.4 is 11.1 Å². The molecule has 6 heteroatoms. The van der Waals surface area contributed by atoms with Crippen LogP contribution in [-0.4, -0.2) is 41.3 Å². The zero-order chi connectivity index (χ0) is 13.7. The van der Waals surface area contributed by atoms with E-state index in [1.165, 1.54) is 18.1 Å². The number of carbonyl (C=O) groups excluding carboxylic acids is 2. The molecule has 0 saturated heterocycles. The SMILES string of the molecule is CC(C)NC(=O)CN(C)C(=O)c1ncccc1N. The van der Waals surface area contributed by atoms with Crippen molar-refractivity contribution in [2.75, 3.05) is 19.3 Å². The van der Waals surface area contributed by atoms with Crippen LogP contribution in [-0.2, 0) is 4.79 Å². The van der Waals surface area contributed by atoms with E-state index in [0.29, 0.717) is 5.69 Å². The molecular weight excluding hydrogens is 232 g/mol. The molecule has 0 aromatic carbocycles. The Balaban J connectivity index is 2.68.